The second kappa shape index (κ2) is 9.22. The molecular formula is C12H16ClF2N3O2. The summed E-state index contributed by atoms with van der Waals surface area (Å²) in [5.74, 6) is -2.19. The zero-order valence-corrected chi connectivity index (χ0v) is 11.4. The largest absolute Gasteiger partial charge is 0.354 e. The van der Waals surface area contributed by atoms with E-state index in [1.54, 1.807) is 0 Å². The molecular weight excluding hydrogens is 292 g/mol. The third-order valence-corrected chi connectivity index (χ3v) is 2.39. The molecule has 0 aromatic heterocycles. The Labute approximate surface area is 121 Å². The van der Waals surface area contributed by atoms with Gasteiger partial charge in [0, 0.05) is 12.1 Å². The number of rotatable bonds is 6. The van der Waals surface area contributed by atoms with Gasteiger partial charge in [0.2, 0.25) is 11.8 Å². The minimum atomic E-state index is -0.648. The first-order valence-electron chi connectivity index (χ1n) is 5.71. The number of carbonyl (C=O) groups excluding carboxylic acids is 2. The first kappa shape index (κ1) is 18.3. The molecule has 0 radical (unpaired) electrons. The number of nitrogens with two attached hydrogens (primary N) is 1. The van der Waals surface area contributed by atoms with E-state index in [9.17, 15) is 18.4 Å². The third kappa shape index (κ3) is 5.94. The number of hydrogen-bond acceptors (Lipinski definition) is 3. The fraction of sp³-hybridized carbons (Fsp3) is 0.333. The molecule has 20 heavy (non-hydrogen) atoms. The second-order valence-corrected chi connectivity index (χ2v) is 3.78. The van der Waals surface area contributed by atoms with Crippen molar-refractivity contribution in [1.82, 2.24) is 10.6 Å². The summed E-state index contributed by atoms with van der Waals surface area (Å²) in [5.41, 5.74) is 4.97. The summed E-state index contributed by atoms with van der Waals surface area (Å²) in [5, 5.41) is 4.72. The third-order valence-electron chi connectivity index (χ3n) is 2.39. The van der Waals surface area contributed by atoms with Crippen molar-refractivity contribution in [3.05, 3.63) is 35.4 Å². The van der Waals surface area contributed by atoms with Crippen LogP contribution in [0.1, 0.15) is 5.56 Å². The van der Waals surface area contributed by atoms with Crippen molar-refractivity contribution >= 4 is 24.2 Å². The Kier molecular flexibility index (Phi) is 8.42. The first-order valence-corrected chi connectivity index (χ1v) is 5.71. The Hall–Kier alpha value is -1.73. The van der Waals surface area contributed by atoms with E-state index in [1.807, 2.05) is 0 Å². The summed E-state index contributed by atoms with van der Waals surface area (Å²) in [7, 11) is 0. The molecule has 1 aromatic carbocycles. The van der Waals surface area contributed by atoms with Crippen LogP contribution in [0.15, 0.2) is 18.2 Å². The minimum Gasteiger partial charge on any atom is -0.354 e. The van der Waals surface area contributed by atoms with Gasteiger partial charge in [-0.05, 0) is 18.6 Å². The van der Waals surface area contributed by atoms with Crippen LogP contribution < -0.4 is 16.4 Å². The van der Waals surface area contributed by atoms with Crippen molar-refractivity contribution in [2.75, 3.05) is 19.6 Å². The fourth-order valence-corrected chi connectivity index (χ4v) is 1.41. The average Bonchev–Trinajstić information content (AvgIpc) is 2.39. The molecule has 0 fully saturated rings. The summed E-state index contributed by atoms with van der Waals surface area (Å²) >= 11 is 0. The van der Waals surface area contributed by atoms with E-state index in [0.29, 0.717) is 0 Å². The highest BCUT2D eigenvalue weighted by molar-refractivity contribution is 5.85. The van der Waals surface area contributed by atoms with E-state index < -0.39 is 23.4 Å². The molecule has 4 N–H and O–H groups in total. The van der Waals surface area contributed by atoms with E-state index in [4.69, 9.17) is 5.73 Å². The van der Waals surface area contributed by atoms with Gasteiger partial charge in [0.05, 0.1) is 13.1 Å². The molecule has 0 heterocycles. The van der Waals surface area contributed by atoms with Crippen LogP contribution in [0.2, 0.25) is 0 Å². The zero-order valence-electron chi connectivity index (χ0n) is 10.6. The van der Waals surface area contributed by atoms with Crippen LogP contribution in [0.25, 0.3) is 0 Å². The zero-order chi connectivity index (χ0) is 14.3. The van der Waals surface area contributed by atoms with E-state index in [0.717, 1.165) is 12.1 Å². The van der Waals surface area contributed by atoms with Gasteiger partial charge in [0.15, 0.2) is 0 Å². The van der Waals surface area contributed by atoms with Crippen molar-refractivity contribution in [1.29, 1.82) is 0 Å². The lowest BCUT2D eigenvalue weighted by atomic mass is 10.1. The van der Waals surface area contributed by atoms with Gasteiger partial charge in [-0.2, -0.15) is 0 Å². The highest BCUT2D eigenvalue weighted by Crippen LogP contribution is 2.11. The van der Waals surface area contributed by atoms with Gasteiger partial charge in [-0.1, -0.05) is 6.07 Å². The normalized spacial score (nSPS) is 9.55. The second-order valence-electron chi connectivity index (χ2n) is 3.78. The summed E-state index contributed by atoms with van der Waals surface area (Å²) in [6.45, 7) is -0.335. The number of benzene rings is 1. The monoisotopic (exact) mass is 307 g/mol. The molecule has 0 atom stereocenters. The summed E-state index contributed by atoms with van der Waals surface area (Å²) in [4.78, 5) is 22.1. The highest BCUT2D eigenvalue weighted by Gasteiger charge is 2.09. The number of carbonyl (C=O) groups is 2. The lowest BCUT2D eigenvalue weighted by molar-refractivity contribution is -0.125. The molecule has 1 rings (SSSR count). The topological polar surface area (TPSA) is 84.2 Å². The smallest absolute Gasteiger partial charge is 0.239 e. The molecule has 0 bridgehead atoms. The Morgan fingerprint density at radius 3 is 2.25 bits per heavy atom. The number of halogens is 3. The predicted octanol–water partition coefficient (Wildman–Crippen LogP) is 0.120. The maximum atomic E-state index is 13.3. The van der Waals surface area contributed by atoms with Crippen LogP contribution in [-0.4, -0.2) is 31.4 Å². The Morgan fingerprint density at radius 1 is 1.10 bits per heavy atom. The van der Waals surface area contributed by atoms with E-state index in [1.165, 1.54) is 6.07 Å². The molecule has 0 spiro atoms. The summed E-state index contributed by atoms with van der Waals surface area (Å²) in [6, 6.07) is 3.58. The standard InChI is InChI=1S/C12H15F2N3O2.ClH/c13-9-2-1-3-10(14)8(9)4-5-16-12(19)7-17-11(18)6-15;/h1-3H,4-7,15H2,(H,16,19)(H,17,18);1H. The summed E-state index contributed by atoms with van der Waals surface area (Å²) < 4.78 is 26.5. The summed E-state index contributed by atoms with van der Waals surface area (Å²) in [6.07, 6.45) is 0.0368. The van der Waals surface area contributed by atoms with Crippen molar-refractivity contribution in [3.8, 4) is 0 Å². The Balaban J connectivity index is 0.00000361. The molecule has 0 saturated heterocycles. The molecule has 8 heteroatoms. The van der Waals surface area contributed by atoms with E-state index >= 15 is 0 Å². The van der Waals surface area contributed by atoms with Gasteiger partial charge in [0.1, 0.15) is 11.6 Å². The number of amides is 2. The molecule has 0 unspecified atom stereocenters. The lowest BCUT2D eigenvalue weighted by Crippen LogP contribution is -2.40. The number of nitrogens with one attached hydrogen (secondary N) is 2. The molecule has 5 nitrogen and oxygen atoms in total. The SMILES string of the molecule is Cl.NCC(=O)NCC(=O)NCCc1c(F)cccc1F. The first-order chi connectivity index (χ1) is 9.04. The van der Waals surface area contributed by atoms with E-state index in [2.05, 4.69) is 10.6 Å². The Morgan fingerprint density at radius 2 is 1.70 bits per heavy atom. The lowest BCUT2D eigenvalue weighted by Gasteiger charge is -2.07. The van der Waals surface area contributed by atoms with Crippen molar-refractivity contribution in [3.63, 3.8) is 0 Å². The molecule has 0 saturated carbocycles. The molecule has 0 aliphatic carbocycles. The van der Waals surface area contributed by atoms with Gasteiger partial charge in [-0.15, -0.1) is 12.4 Å². The quantitative estimate of drug-likeness (QED) is 0.698. The van der Waals surface area contributed by atoms with Crippen LogP contribution in [0.5, 0.6) is 0 Å². The van der Waals surface area contributed by atoms with Crippen molar-refractivity contribution in [2.24, 2.45) is 5.73 Å². The van der Waals surface area contributed by atoms with Gasteiger partial charge in [0.25, 0.3) is 0 Å². The van der Waals surface area contributed by atoms with Crippen molar-refractivity contribution < 1.29 is 18.4 Å². The highest BCUT2D eigenvalue weighted by atomic mass is 35.5. The number of hydrogen-bond donors (Lipinski definition) is 3. The van der Waals surface area contributed by atoms with Gasteiger partial charge in [-0.25, -0.2) is 8.78 Å². The Bertz CT molecular complexity index is 452. The van der Waals surface area contributed by atoms with Crippen LogP contribution in [0, 0.1) is 11.6 Å². The van der Waals surface area contributed by atoms with Crippen LogP contribution in [0.4, 0.5) is 8.78 Å². The molecule has 0 aliphatic heterocycles. The fourth-order valence-electron chi connectivity index (χ4n) is 1.41. The molecule has 0 aliphatic rings. The molecule has 112 valence electrons. The van der Waals surface area contributed by atoms with Crippen LogP contribution >= 0.6 is 12.4 Å². The minimum absolute atomic E-state index is 0. The predicted molar refractivity (Wildman–Crippen MR) is 72.4 cm³/mol. The van der Waals surface area contributed by atoms with Crippen LogP contribution in [0.3, 0.4) is 0 Å². The van der Waals surface area contributed by atoms with Gasteiger partial charge in [-0.3, -0.25) is 9.59 Å². The van der Waals surface area contributed by atoms with Crippen molar-refractivity contribution in [2.45, 2.75) is 6.42 Å². The molecule has 1 aromatic rings. The van der Waals surface area contributed by atoms with Gasteiger partial charge < -0.3 is 16.4 Å². The average molecular weight is 308 g/mol. The van der Waals surface area contributed by atoms with Crippen LogP contribution in [-0.2, 0) is 16.0 Å². The van der Waals surface area contributed by atoms with Gasteiger partial charge >= 0.3 is 0 Å². The molecule has 2 amide bonds. The maximum absolute atomic E-state index is 13.3. The maximum Gasteiger partial charge on any atom is 0.239 e. The van der Waals surface area contributed by atoms with E-state index in [-0.39, 0.29) is 44.0 Å².